The second kappa shape index (κ2) is 11.8. The van der Waals surface area contributed by atoms with Crippen molar-refractivity contribution >= 4 is 39.2 Å². The molecule has 0 aliphatic carbocycles. The maximum atomic E-state index is 12.8. The normalized spacial score (nSPS) is 12.1. The minimum atomic E-state index is -4.08. The SMILES string of the molecule is CCCCOC(=O)c1ccc(NC(=O)C(C)NS(=O)(=O)c2cc(Cl)ccc2OCC)cc1. The zero-order valence-corrected chi connectivity index (χ0v) is 19.8. The van der Waals surface area contributed by atoms with Gasteiger partial charge in [0.25, 0.3) is 0 Å². The topological polar surface area (TPSA) is 111 Å². The Morgan fingerprint density at radius 2 is 1.78 bits per heavy atom. The molecule has 0 bridgehead atoms. The number of halogens is 1. The Kier molecular flexibility index (Phi) is 9.49. The van der Waals surface area contributed by atoms with E-state index in [1.807, 2.05) is 6.92 Å². The Balaban J connectivity index is 2.04. The number of amides is 1. The average Bonchev–Trinajstić information content (AvgIpc) is 2.75. The second-order valence-corrected chi connectivity index (χ2v) is 9.04. The van der Waals surface area contributed by atoms with Crippen LogP contribution in [0.3, 0.4) is 0 Å². The first-order valence-electron chi connectivity index (χ1n) is 10.2. The van der Waals surface area contributed by atoms with Crippen LogP contribution in [0, 0.1) is 0 Å². The van der Waals surface area contributed by atoms with Gasteiger partial charge in [-0.05, 0) is 62.7 Å². The molecule has 0 saturated heterocycles. The molecule has 1 atom stereocenters. The van der Waals surface area contributed by atoms with Gasteiger partial charge >= 0.3 is 5.97 Å². The average molecular weight is 483 g/mol. The first-order valence-corrected chi connectivity index (χ1v) is 12.1. The number of esters is 1. The number of anilines is 1. The van der Waals surface area contributed by atoms with Crippen molar-refractivity contribution in [2.75, 3.05) is 18.5 Å². The van der Waals surface area contributed by atoms with E-state index in [9.17, 15) is 18.0 Å². The lowest BCUT2D eigenvalue weighted by Crippen LogP contribution is -2.41. The number of sulfonamides is 1. The maximum absolute atomic E-state index is 12.8. The fourth-order valence-corrected chi connectivity index (χ4v) is 4.26. The Labute approximate surface area is 193 Å². The zero-order valence-electron chi connectivity index (χ0n) is 18.2. The van der Waals surface area contributed by atoms with E-state index in [1.54, 1.807) is 19.1 Å². The highest BCUT2D eigenvalue weighted by Gasteiger charge is 2.25. The molecule has 1 unspecified atom stereocenters. The molecular weight excluding hydrogens is 456 g/mol. The minimum Gasteiger partial charge on any atom is -0.492 e. The van der Waals surface area contributed by atoms with Crippen LogP contribution < -0.4 is 14.8 Å². The summed E-state index contributed by atoms with van der Waals surface area (Å²) in [6, 6.07) is 9.28. The predicted octanol–water partition coefficient (Wildman–Crippen LogP) is 4.00. The molecule has 2 aromatic carbocycles. The van der Waals surface area contributed by atoms with Crippen LogP contribution in [-0.2, 0) is 19.6 Å². The van der Waals surface area contributed by atoms with Gasteiger partial charge in [0.05, 0.1) is 24.8 Å². The van der Waals surface area contributed by atoms with E-state index < -0.39 is 27.9 Å². The third-order valence-corrected chi connectivity index (χ3v) is 6.14. The van der Waals surface area contributed by atoms with Crippen LogP contribution in [0.15, 0.2) is 47.4 Å². The van der Waals surface area contributed by atoms with Gasteiger partial charge in [-0.2, -0.15) is 4.72 Å². The molecule has 8 nitrogen and oxygen atoms in total. The number of unbranched alkanes of at least 4 members (excludes halogenated alkanes) is 1. The Morgan fingerprint density at radius 3 is 2.41 bits per heavy atom. The van der Waals surface area contributed by atoms with E-state index in [1.165, 1.54) is 37.3 Å². The molecule has 0 spiro atoms. The van der Waals surface area contributed by atoms with Crippen molar-refractivity contribution in [3.05, 3.63) is 53.1 Å². The Hall–Kier alpha value is -2.62. The molecule has 0 aliphatic heterocycles. The quantitative estimate of drug-likeness (QED) is 0.370. The number of ether oxygens (including phenoxy) is 2. The highest BCUT2D eigenvalue weighted by molar-refractivity contribution is 7.89. The van der Waals surface area contributed by atoms with Gasteiger partial charge in [-0.3, -0.25) is 4.79 Å². The molecule has 2 N–H and O–H groups in total. The van der Waals surface area contributed by atoms with Crippen molar-refractivity contribution in [2.24, 2.45) is 0 Å². The first-order chi connectivity index (χ1) is 15.2. The summed E-state index contributed by atoms with van der Waals surface area (Å²) in [5.41, 5.74) is 0.765. The highest BCUT2D eigenvalue weighted by atomic mass is 35.5. The van der Waals surface area contributed by atoms with Crippen molar-refractivity contribution < 1.29 is 27.5 Å². The summed E-state index contributed by atoms with van der Waals surface area (Å²) in [7, 11) is -4.08. The number of hydrogen-bond acceptors (Lipinski definition) is 6. The third kappa shape index (κ3) is 7.22. The van der Waals surface area contributed by atoms with Crippen LogP contribution in [0.4, 0.5) is 5.69 Å². The molecule has 0 radical (unpaired) electrons. The van der Waals surface area contributed by atoms with Gasteiger partial charge in [0.15, 0.2) is 0 Å². The lowest BCUT2D eigenvalue weighted by atomic mass is 10.2. The summed E-state index contributed by atoms with van der Waals surface area (Å²) in [6.45, 7) is 5.76. The Morgan fingerprint density at radius 1 is 1.09 bits per heavy atom. The largest absolute Gasteiger partial charge is 0.492 e. The molecule has 0 heterocycles. The molecule has 0 aliphatic rings. The maximum Gasteiger partial charge on any atom is 0.338 e. The van der Waals surface area contributed by atoms with Crippen LogP contribution in [0.5, 0.6) is 5.75 Å². The minimum absolute atomic E-state index is 0.137. The van der Waals surface area contributed by atoms with Gasteiger partial charge in [-0.25, -0.2) is 13.2 Å². The molecule has 0 fully saturated rings. The van der Waals surface area contributed by atoms with E-state index in [0.717, 1.165) is 12.8 Å². The smallest absolute Gasteiger partial charge is 0.338 e. The van der Waals surface area contributed by atoms with Gasteiger partial charge < -0.3 is 14.8 Å². The fraction of sp³-hybridized carbons (Fsp3) is 0.364. The number of carbonyl (C=O) groups is 2. The van der Waals surface area contributed by atoms with Crippen molar-refractivity contribution in [1.82, 2.24) is 4.72 Å². The molecule has 0 saturated carbocycles. The zero-order chi connectivity index (χ0) is 23.7. The van der Waals surface area contributed by atoms with E-state index >= 15 is 0 Å². The number of benzene rings is 2. The molecule has 1 amide bonds. The van der Waals surface area contributed by atoms with Crippen LogP contribution in [0.25, 0.3) is 0 Å². The first kappa shape index (κ1) is 25.6. The van der Waals surface area contributed by atoms with E-state index in [0.29, 0.717) is 17.9 Å². The fourth-order valence-electron chi connectivity index (χ4n) is 2.65. The third-order valence-electron chi connectivity index (χ3n) is 4.34. The monoisotopic (exact) mass is 482 g/mol. The van der Waals surface area contributed by atoms with Crippen LogP contribution >= 0.6 is 11.6 Å². The van der Waals surface area contributed by atoms with E-state index in [2.05, 4.69) is 10.0 Å². The van der Waals surface area contributed by atoms with Crippen LogP contribution in [-0.4, -0.2) is 39.5 Å². The number of carbonyl (C=O) groups excluding carboxylic acids is 2. The van der Waals surface area contributed by atoms with E-state index in [4.69, 9.17) is 21.1 Å². The number of hydrogen-bond donors (Lipinski definition) is 2. The van der Waals surface area contributed by atoms with Crippen LogP contribution in [0.1, 0.15) is 44.0 Å². The van der Waals surface area contributed by atoms with Gasteiger partial charge in [0.2, 0.25) is 15.9 Å². The summed E-state index contributed by atoms with van der Waals surface area (Å²) in [5, 5.41) is 2.83. The van der Waals surface area contributed by atoms with Crippen molar-refractivity contribution in [3.63, 3.8) is 0 Å². The van der Waals surface area contributed by atoms with Gasteiger partial charge in [-0.1, -0.05) is 24.9 Å². The lowest BCUT2D eigenvalue weighted by molar-refractivity contribution is -0.117. The van der Waals surface area contributed by atoms with Crippen molar-refractivity contribution in [3.8, 4) is 5.75 Å². The summed E-state index contributed by atoms with van der Waals surface area (Å²) >= 11 is 5.94. The predicted molar refractivity (Wildman–Crippen MR) is 123 cm³/mol. The lowest BCUT2D eigenvalue weighted by Gasteiger charge is -2.16. The molecule has 2 aromatic rings. The molecule has 0 aromatic heterocycles. The molecule has 2 rings (SSSR count). The second-order valence-electron chi connectivity index (χ2n) is 6.92. The van der Waals surface area contributed by atoms with Gasteiger partial charge in [0.1, 0.15) is 10.6 Å². The summed E-state index contributed by atoms with van der Waals surface area (Å²) in [6.07, 6.45) is 1.71. The van der Waals surface area contributed by atoms with Gasteiger partial charge in [-0.15, -0.1) is 0 Å². The number of nitrogens with one attached hydrogen (secondary N) is 2. The van der Waals surface area contributed by atoms with E-state index in [-0.39, 0.29) is 22.3 Å². The standard InChI is InChI=1S/C22H27ClN2O6S/c1-4-6-13-31-22(27)16-7-10-18(11-8-16)24-21(26)15(3)25-32(28,29)20-14-17(23)9-12-19(20)30-5-2/h7-12,14-15,25H,4-6,13H2,1-3H3,(H,24,26). The summed E-state index contributed by atoms with van der Waals surface area (Å²) < 4.78 is 38.4. The summed E-state index contributed by atoms with van der Waals surface area (Å²) in [5.74, 6) is -0.880. The van der Waals surface area contributed by atoms with Crippen LogP contribution in [0.2, 0.25) is 5.02 Å². The molecule has 32 heavy (non-hydrogen) atoms. The summed E-state index contributed by atoms with van der Waals surface area (Å²) in [4.78, 5) is 24.3. The van der Waals surface area contributed by atoms with Crippen molar-refractivity contribution in [2.45, 2.75) is 44.6 Å². The molecule has 10 heteroatoms. The Bertz CT molecular complexity index is 1040. The highest BCUT2D eigenvalue weighted by Crippen LogP contribution is 2.27. The molecular formula is C22H27ClN2O6S. The van der Waals surface area contributed by atoms with Crippen molar-refractivity contribution in [1.29, 1.82) is 0 Å². The molecule has 174 valence electrons. The number of rotatable bonds is 11. The van der Waals surface area contributed by atoms with Gasteiger partial charge in [0, 0.05) is 10.7 Å².